The average molecular weight is 512 g/mol. The molecule has 0 bridgehead atoms. The van der Waals surface area contributed by atoms with Crippen molar-refractivity contribution in [2.45, 2.75) is 64.0 Å². The highest BCUT2D eigenvalue weighted by Gasteiger charge is 2.51. The zero-order valence-electron chi connectivity index (χ0n) is 20.8. The van der Waals surface area contributed by atoms with Crippen LogP contribution in [-0.2, 0) is 4.79 Å². The number of carbonyl (C=O) groups is 2. The predicted octanol–water partition coefficient (Wildman–Crippen LogP) is 3.67. The standard InChI is InChI=1S/C27H34ClN5O3/c1-2-29-25(35)23-9-4-18(15-30-23)19-14-22(28)24(31-16-19)32-12-3-10-27(17-32)11-13-33(26(27)36)20-5-7-21(34)8-6-20/h4,9,14-16,20-21,34H,2-3,5-8,10-13,17H2,1H3,(H,29,35)/t20-,21+,27-/m1/s1. The molecule has 9 heteroatoms. The molecule has 4 heterocycles. The van der Waals surface area contributed by atoms with Gasteiger partial charge in [-0.15, -0.1) is 0 Å². The maximum absolute atomic E-state index is 13.6. The number of nitrogens with zero attached hydrogens (tertiary/aromatic N) is 4. The van der Waals surface area contributed by atoms with E-state index in [9.17, 15) is 14.7 Å². The molecule has 3 fully saturated rings. The van der Waals surface area contributed by atoms with Gasteiger partial charge in [0.15, 0.2) is 0 Å². The SMILES string of the molecule is CCNC(=O)c1ccc(-c2cnc(N3CCC[C@@]4(CCN([C@H]5CC[C@@H](O)CC5)C4=O)C3)c(Cl)c2)cn1. The summed E-state index contributed by atoms with van der Waals surface area (Å²) < 4.78 is 0. The summed E-state index contributed by atoms with van der Waals surface area (Å²) in [5.41, 5.74) is 1.65. The van der Waals surface area contributed by atoms with Crippen molar-refractivity contribution < 1.29 is 14.7 Å². The van der Waals surface area contributed by atoms with Crippen LogP contribution in [0.15, 0.2) is 30.6 Å². The van der Waals surface area contributed by atoms with Crippen molar-refractivity contribution in [3.8, 4) is 11.1 Å². The lowest BCUT2D eigenvalue weighted by atomic mass is 9.78. The molecule has 2 aromatic heterocycles. The van der Waals surface area contributed by atoms with Crippen molar-refractivity contribution in [1.82, 2.24) is 20.2 Å². The summed E-state index contributed by atoms with van der Waals surface area (Å²) in [5.74, 6) is 0.772. The van der Waals surface area contributed by atoms with E-state index in [1.165, 1.54) is 0 Å². The van der Waals surface area contributed by atoms with Gasteiger partial charge in [-0.05, 0) is 64.0 Å². The summed E-state index contributed by atoms with van der Waals surface area (Å²) in [5, 5.41) is 13.1. The number of pyridine rings is 2. The Hall–Kier alpha value is -2.71. The van der Waals surface area contributed by atoms with Gasteiger partial charge < -0.3 is 20.2 Å². The monoisotopic (exact) mass is 511 g/mol. The number of carbonyl (C=O) groups excluding carboxylic acids is 2. The molecule has 8 nitrogen and oxygen atoms in total. The first-order valence-corrected chi connectivity index (χ1v) is 13.4. The van der Waals surface area contributed by atoms with Gasteiger partial charge in [0.05, 0.1) is 16.5 Å². The summed E-state index contributed by atoms with van der Waals surface area (Å²) in [4.78, 5) is 38.8. The largest absolute Gasteiger partial charge is 0.393 e. The second-order valence-corrected chi connectivity index (χ2v) is 10.7. The minimum absolute atomic E-state index is 0.198. The number of nitrogens with one attached hydrogen (secondary N) is 1. The van der Waals surface area contributed by atoms with E-state index in [0.717, 1.165) is 69.2 Å². The van der Waals surface area contributed by atoms with Crippen LogP contribution in [0.3, 0.4) is 0 Å². The average Bonchev–Trinajstić information content (AvgIpc) is 3.19. The van der Waals surface area contributed by atoms with E-state index in [1.54, 1.807) is 18.5 Å². The van der Waals surface area contributed by atoms with Crippen LogP contribution < -0.4 is 10.2 Å². The third-order valence-electron chi connectivity index (χ3n) is 8.02. The smallest absolute Gasteiger partial charge is 0.269 e. The summed E-state index contributed by atoms with van der Waals surface area (Å²) in [6, 6.07) is 5.67. The summed E-state index contributed by atoms with van der Waals surface area (Å²) in [6.45, 7) is 4.67. The van der Waals surface area contributed by atoms with Crippen LogP contribution >= 0.6 is 11.6 Å². The van der Waals surface area contributed by atoms with Gasteiger partial charge in [0, 0.05) is 55.7 Å². The fourth-order valence-electron chi connectivity index (χ4n) is 6.03. The topological polar surface area (TPSA) is 98.7 Å². The third-order valence-corrected chi connectivity index (χ3v) is 8.30. The molecule has 5 rings (SSSR count). The van der Waals surface area contributed by atoms with Crippen LogP contribution in [0.5, 0.6) is 0 Å². The Balaban J connectivity index is 1.29. The Kier molecular flexibility index (Phi) is 7.17. The predicted molar refractivity (Wildman–Crippen MR) is 139 cm³/mol. The van der Waals surface area contributed by atoms with Crippen molar-refractivity contribution in [2.24, 2.45) is 5.41 Å². The Bertz CT molecular complexity index is 1120. The van der Waals surface area contributed by atoms with Crippen molar-refractivity contribution in [3.63, 3.8) is 0 Å². The molecule has 0 aromatic carbocycles. The maximum Gasteiger partial charge on any atom is 0.269 e. The van der Waals surface area contributed by atoms with E-state index in [-0.39, 0.29) is 29.4 Å². The van der Waals surface area contributed by atoms with E-state index in [4.69, 9.17) is 16.6 Å². The zero-order valence-corrected chi connectivity index (χ0v) is 21.5. The normalized spacial score (nSPS) is 26.5. The molecule has 2 amide bonds. The van der Waals surface area contributed by atoms with Crippen molar-refractivity contribution >= 4 is 29.2 Å². The fourth-order valence-corrected chi connectivity index (χ4v) is 6.31. The quantitative estimate of drug-likeness (QED) is 0.635. The summed E-state index contributed by atoms with van der Waals surface area (Å²) in [6.07, 6.45) is 9.24. The van der Waals surface area contributed by atoms with Gasteiger partial charge in [-0.1, -0.05) is 17.7 Å². The van der Waals surface area contributed by atoms with E-state index < -0.39 is 0 Å². The molecule has 2 N–H and O–H groups in total. The number of halogens is 1. The van der Waals surface area contributed by atoms with Gasteiger partial charge in [0.25, 0.3) is 5.91 Å². The van der Waals surface area contributed by atoms with Crippen molar-refractivity contribution in [1.29, 1.82) is 0 Å². The van der Waals surface area contributed by atoms with Crippen molar-refractivity contribution in [2.75, 3.05) is 31.1 Å². The molecule has 192 valence electrons. The number of aromatic nitrogens is 2. The highest BCUT2D eigenvalue weighted by atomic mass is 35.5. The molecule has 1 spiro atoms. The van der Waals surface area contributed by atoms with E-state index in [2.05, 4.69) is 20.1 Å². The number of aliphatic hydroxyl groups is 1. The van der Waals surface area contributed by atoms with Crippen LogP contribution in [0.25, 0.3) is 11.1 Å². The second-order valence-electron chi connectivity index (χ2n) is 10.3. The fraction of sp³-hybridized carbons (Fsp3) is 0.556. The number of hydrogen-bond acceptors (Lipinski definition) is 6. The van der Waals surface area contributed by atoms with E-state index in [0.29, 0.717) is 29.6 Å². The molecule has 0 unspecified atom stereocenters. The van der Waals surface area contributed by atoms with E-state index >= 15 is 0 Å². The highest BCUT2D eigenvalue weighted by Crippen LogP contribution is 2.44. The Labute approximate surface area is 217 Å². The number of likely N-dealkylation sites (tertiary alicyclic amines) is 1. The minimum atomic E-state index is -0.378. The molecular weight excluding hydrogens is 478 g/mol. The Morgan fingerprint density at radius 3 is 2.61 bits per heavy atom. The lowest BCUT2D eigenvalue weighted by molar-refractivity contribution is -0.139. The molecular formula is C27H34ClN5O3. The second kappa shape index (κ2) is 10.3. The van der Waals surface area contributed by atoms with Gasteiger partial charge in [0.2, 0.25) is 5.91 Å². The summed E-state index contributed by atoms with van der Waals surface area (Å²) in [7, 11) is 0. The summed E-state index contributed by atoms with van der Waals surface area (Å²) >= 11 is 6.72. The molecule has 2 aromatic rings. The molecule has 1 saturated carbocycles. The van der Waals surface area contributed by atoms with Gasteiger partial charge in [-0.3, -0.25) is 14.6 Å². The van der Waals surface area contributed by atoms with Crippen LogP contribution in [-0.4, -0.2) is 70.1 Å². The maximum atomic E-state index is 13.6. The van der Waals surface area contributed by atoms with Crippen LogP contribution in [0.4, 0.5) is 5.82 Å². The molecule has 2 aliphatic heterocycles. The van der Waals surface area contributed by atoms with Crippen LogP contribution in [0.1, 0.15) is 62.4 Å². The number of piperidine rings is 1. The lowest BCUT2D eigenvalue weighted by Crippen LogP contribution is -2.50. The van der Waals surface area contributed by atoms with Gasteiger partial charge in [-0.2, -0.15) is 0 Å². The number of anilines is 1. The third kappa shape index (κ3) is 4.81. The minimum Gasteiger partial charge on any atom is -0.393 e. The first-order chi connectivity index (χ1) is 17.4. The van der Waals surface area contributed by atoms with Crippen LogP contribution in [0, 0.1) is 5.41 Å². The molecule has 2 saturated heterocycles. The van der Waals surface area contributed by atoms with Gasteiger partial charge >= 0.3 is 0 Å². The number of hydrogen-bond donors (Lipinski definition) is 2. The first kappa shape index (κ1) is 25.0. The Morgan fingerprint density at radius 2 is 1.92 bits per heavy atom. The zero-order chi connectivity index (χ0) is 25.3. The van der Waals surface area contributed by atoms with Crippen LogP contribution in [0.2, 0.25) is 5.02 Å². The number of amides is 2. The van der Waals surface area contributed by atoms with Gasteiger partial charge in [0.1, 0.15) is 11.5 Å². The van der Waals surface area contributed by atoms with Crippen molar-refractivity contribution in [3.05, 3.63) is 41.3 Å². The number of rotatable bonds is 5. The van der Waals surface area contributed by atoms with E-state index in [1.807, 2.05) is 19.1 Å². The molecule has 3 aliphatic rings. The van der Waals surface area contributed by atoms with Gasteiger partial charge in [-0.25, -0.2) is 4.98 Å². The Morgan fingerprint density at radius 1 is 1.14 bits per heavy atom. The molecule has 1 aliphatic carbocycles. The molecule has 36 heavy (non-hydrogen) atoms. The highest BCUT2D eigenvalue weighted by molar-refractivity contribution is 6.33. The molecule has 0 radical (unpaired) electrons. The number of aliphatic hydroxyl groups excluding tert-OH is 1. The molecule has 1 atom stereocenters. The first-order valence-electron chi connectivity index (χ1n) is 13.0. The lowest BCUT2D eigenvalue weighted by Gasteiger charge is -2.41.